The first-order valence-corrected chi connectivity index (χ1v) is 15.5. The van der Waals surface area contributed by atoms with Gasteiger partial charge in [0.1, 0.15) is 24.2 Å². The molecule has 3 rings (SSSR count). The van der Waals surface area contributed by atoms with E-state index in [2.05, 4.69) is 19.1 Å². The Labute approximate surface area is 263 Å². The number of nitrogens with two attached hydrogens (primary N) is 2. The normalized spacial score (nSPS) is 21.5. The molecule has 248 valence electrons. The van der Waals surface area contributed by atoms with Crippen molar-refractivity contribution in [3.8, 4) is 0 Å². The van der Waals surface area contributed by atoms with Crippen LogP contribution in [0.1, 0.15) is 72.1 Å². The van der Waals surface area contributed by atoms with Crippen LogP contribution in [0.5, 0.6) is 0 Å². The summed E-state index contributed by atoms with van der Waals surface area (Å²) in [6.45, 7) is 5.00. The number of ether oxygens (including phenoxy) is 2. The molecule has 3 aliphatic rings. The second kappa shape index (κ2) is 16.5. The van der Waals surface area contributed by atoms with Gasteiger partial charge in [0.25, 0.3) is 5.91 Å². The number of methoxy groups -OCH3 is 1. The predicted octanol–water partition coefficient (Wildman–Crippen LogP) is 7.51. The molecule has 0 bridgehead atoms. The maximum absolute atomic E-state index is 14.8. The summed E-state index contributed by atoms with van der Waals surface area (Å²) in [7, 11) is 1.57. The van der Waals surface area contributed by atoms with Gasteiger partial charge in [-0.3, -0.25) is 4.79 Å². The van der Waals surface area contributed by atoms with Gasteiger partial charge >= 0.3 is 6.18 Å². The van der Waals surface area contributed by atoms with Crippen molar-refractivity contribution < 1.29 is 31.8 Å². The lowest BCUT2D eigenvalue weighted by Crippen LogP contribution is -2.51. The highest BCUT2D eigenvalue weighted by Crippen LogP contribution is 2.36. The van der Waals surface area contributed by atoms with Crippen LogP contribution in [0.25, 0.3) is 0 Å². The highest BCUT2D eigenvalue weighted by Gasteiger charge is 2.40. The van der Waals surface area contributed by atoms with Crippen molar-refractivity contribution in [1.82, 2.24) is 9.91 Å². The van der Waals surface area contributed by atoms with E-state index in [0.29, 0.717) is 48.5 Å². The molecule has 0 aromatic carbocycles. The lowest BCUT2D eigenvalue weighted by atomic mass is 9.96. The van der Waals surface area contributed by atoms with Gasteiger partial charge in [0.05, 0.1) is 25.2 Å². The number of carbonyl (C=O) groups is 1. The fourth-order valence-corrected chi connectivity index (χ4v) is 5.71. The standard InChI is InChI=1S/C34H46F4N4O3/c1-5-25(45-6-2)14-9-12-23(3)26-16-10-13-24(20-32(26)44-4)29(39)21-42(40)31-18-8-7-15-27-28(35)17-11-19-30(27)41(33(31)43)22-34(36,37)38/h5,9,12-13,16,19-21,23,31H,6-8,10-11,14-15,17-18,22,39-40H2,1-4H3/b12-9-,25-5+,29-21-. The summed E-state index contributed by atoms with van der Waals surface area (Å²) in [5.74, 6) is 6.56. The molecule has 2 atom stereocenters. The molecule has 11 heteroatoms. The molecule has 1 fully saturated rings. The molecule has 2 unspecified atom stereocenters. The number of halogens is 4. The summed E-state index contributed by atoms with van der Waals surface area (Å²) in [5.41, 5.74) is 8.40. The molecule has 0 aromatic heterocycles. The average Bonchev–Trinajstić information content (AvgIpc) is 3.18. The number of hydrogen-bond donors (Lipinski definition) is 2. The van der Waals surface area contributed by atoms with Crippen LogP contribution in [-0.2, 0) is 14.3 Å². The fourth-order valence-electron chi connectivity index (χ4n) is 5.71. The maximum Gasteiger partial charge on any atom is 0.406 e. The van der Waals surface area contributed by atoms with Crippen LogP contribution < -0.4 is 11.6 Å². The van der Waals surface area contributed by atoms with E-state index in [1.807, 2.05) is 32.1 Å². The molecule has 0 saturated carbocycles. The van der Waals surface area contributed by atoms with Crippen LogP contribution in [0.2, 0.25) is 0 Å². The zero-order valence-electron chi connectivity index (χ0n) is 26.6. The Morgan fingerprint density at radius 3 is 2.64 bits per heavy atom. The monoisotopic (exact) mass is 634 g/mol. The van der Waals surface area contributed by atoms with Gasteiger partial charge in [0.15, 0.2) is 0 Å². The van der Waals surface area contributed by atoms with E-state index in [1.54, 1.807) is 13.2 Å². The number of fused-ring (bicyclic) bond motifs is 1. The SMILES string of the molecule is C/C=C(\C/C=C\C(C)C1=CCC=C(/C(N)=C/N(N)C2CCCCC3=C(F)CCC=C3N(CC(F)(F)F)C2=O)C=C1OC)OCC. The molecule has 0 spiro atoms. The number of nitrogens with zero attached hydrogens (tertiary/aromatic N) is 2. The van der Waals surface area contributed by atoms with E-state index in [4.69, 9.17) is 21.1 Å². The second-order valence-corrected chi connectivity index (χ2v) is 11.2. The van der Waals surface area contributed by atoms with Crippen molar-refractivity contribution in [2.45, 2.75) is 84.4 Å². The van der Waals surface area contributed by atoms with Crippen molar-refractivity contribution in [3.63, 3.8) is 0 Å². The molecule has 1 heterocycles. The first-order valence-electron chi connectivity index (χ1n) is 15.5. The Morgan fingerprint density at radius 1 is 1.22 bits per heavy atom. The number of rotatable bonds is 11. The Balaban J connectivity index is 1.84. The lowest BCUT2D eigenvalue weighted by molar-refractivity contribution is -0.160. The Bertz CT molecular complexity index is 1320. The van der Waals surface area contributed by atoms with E-state index < -0.39 is 30.5 Å². The molecule has 0 aromatic rings. The van der Waals surface area contributed by atoms with Crippen molar-refractivity contribution in [1.29, 1.82) is 0 Å². The van der Waals surface area contributed by atoms with Gasteiger partial charge in [0.2, 0.25) is 0 Å². The second-order valence-electron chi connectivity index (χ2n) is 11.2. The minimum absolute atomic E-state index is 0.0147. The number of allylic oxidation sites excluding steroid dienone is 10. The Kier molecular flexibility index (Phi) is 13.1. The van der Waals surface area contributed by atoms with Crippen LogP contribution in [0.4, 0.5) is 17.6 Å². The van der Waals surface area contributed by atoms with Crippen LogP contribution in [0, 0.1) is 5.92 Å². The quantitative estimate of drug-likeness (QED) is 0.0804. The molecular formula is C34H46F4N4O3. The average molecular weight is 635 g/mol. The molecular weight excluding hydrogens is 588 g/mol. The van der Waals surface area contributed by atoms with Gasteiger partial charge in [-0.1, -0.05) is 43.7 Å². The molecule has 4 N–H and O–H groups in total. The van der Waals surface area contributed by atoms with Crippen LogP contribution in [0.3, 0.4) is 0 Å². The highest BCUT2D eigenvalue weighted by atomic mass is 19.4. The van der Waals surface area contributed by atoms with Crippen molar-refractivity contribution in [2.75, 3.05) is 20.3 Å². The van der Waals surface area contributed by atoms with Crippen LogP contribution >= 0.6 is 0 Å². The summed E-state index contributed by atoms with van der Waals surface area (Å²) < 4.78 is 67.1. The van der Waals surface area contributed by atoms with Gasteiger partial charge in [0, 0.05) is 36.2 Å². The molecule has 1 amide bonds. The molecule has 2 aliphatic carbocycles. The summed E-state index contributed by atoms with van der Waals surface area (Å²) in [6.07, 6.45) is 12.9. The minimum Gasteiger partial charge on any atom is -0.498 e. The van der Waals surface area contributed by atoms with Gasteiger partial charge in [-0.15, -0.1) is 0 Å². The van der Waals surface area contributed by atoms with Crippen molar-refractivity contribution in [3.05, 3.63) is 94.2 Å². The topological polar surface area (TPSA) is 94.1 Å². The van der Waals surface area contributed by atoms with E-state index in [-0.39, 0.29) is 48.6 Å². The summed E-state index contributed by atoms with van der Waals surface area (Å²) in [5, 5.41) is 1.08. The number of hydrogen-bond acceptors (Lipinski definition) is 6. The Morgan fingerprint density at radius 2 is 1.98 bits per heavy atom. The Hall–Kier alpha value is -3.73. The molecule has 45 heavy (non-hydrogen) atoms. The zero-order chi connectivity index (χ0) is 33.1. The molecule has 0 radical (unpaired) electrons. The summed E-state index contributed by atoms with van der Waals surface area (Å²) in [4.78, 5) is 14.4. The number of alkyl halides is 3. The van der Waals surface area contributed by atoms with Crippen molar-refractivity contribution in [2.24, 2.45) is 17.5 Å². The predicted molar refractivity (Wildman–Crippen MR) is 168 cm³/mol. The summed E-state index contributed by atoms with van der Waals surface area (Å²) in [6, 6.07) is -1.13. The molecule has 1 aliphatic heterocycles. The lowest BCUT2D eigenvalue weighted by Gasteiger charge is -2.34. The number of amides is 1. The highest BCUT2D eigenvalue weighted by molar-refractivity contribution is 5.84. The largest absolute Gasteiger partial charge is 0.498 e. The number of carbonyl (C=O) groups excluding carboxylic acids is 1. The number of hydrazine groups is 1. The summed E-state index contributed by atoms with van der Waals surface area (Å²) >= 11 is 0. The smallest absolute Gasteiger partial charge is 0.406 e. The fraction of sp³-hybridized carbons (Fsp3) is 0.500. The third kappa shape index (κ3) is 9.88. The van der Waals surface area contributed by atoms with E-state index >= 15 is 0 Å². The van der Waals surface area contributed by atoms with Crippen LogP contribution in [-0.4, -0.2) is 48.3 Å². The first kappa shape index (κ1) is 35.7. The van der Waals surface area contributed by atoms with E-state index in [1.165, 1.54) is 12.3 Å². The van der Waals surface area contributed by atoms with Gasteiger partial charge < -0.3 is 25.1 Å². The third-order valence-corrected chi connectivity index (χ3v) is 8.01. The zero-order valence-corrected chi connectivity index (χ0v) is 26.6. The van der Waals surface area contributed by atoms with E-state index in [9.17, 15) is 22.4 Å². The van der Waals surface area contributed by atoms with Gasteiger partial charge in [-0.25, -0.2) is 10.2 Å². The first-order chi connectivity index (χ1) is 21.4. The molecule has 1 saturated heterocycles. The van der Waals surface area contributed by atoms with Gasteiger partial charge in [-0.05, 0) is 69.2 Å². The van der Waals surface area contributed by atoms with Crippen molar-refractivity contribution >= 4 is 5.91 Å². The van der Waals surface area contributed by atoms with Gasteiger partial charge in [-0.2, -0.15) is 13.2 Å². The van der Waals surface area contributed by atoms with E-state index in [0.717, 1.165) is 16.3 Å². The maximum atomic E-state index is 14.8. The molecule has 7 nitrogen and oxygen atoms in total. The van der Waals surface area contributed by atoms with Crippen LogP contribution in [0.15, 0.2) is 94.2 Å². The minimum atomic E-state index is -4.69. The third-order valence-electron chi connectivity index (χ3n) is 8.01.